The van der Waals surface area contributed by atoms with Gasteiger partial charge >= 0.3 is 5.97 Å². The monoisotopic (exact) mass is 224 g/mol. The third-order valence-electron chi connectivity index (χ3n) is 2.32. The molecule has 1 atom stereocenters. The summed E-state index contributed by atoms with van der Waals surface area (Å²) in [5.74, 6) is 0.0251. The molecule has 1 aromatic rings. The Morgan fingerprint density at radius 2 is 2.12 bits per heavy atom. The lowest BCUT2D eigenvalue weighted by molar-refractivity contribution is -0.150. The predicted octanol–water partition coefficient (Wildman–Crippen LogP) is 1.08. The Kier molecular flexibility index (Phi) is 4.31. The summed E-state index contributed by atoms with van der Waals surface area (Å²) in [7, 11) is 2.80. The van der Waals surface area contributed by atoms with Crippen LogP contribution in [-0.4, -0.2) is 31.4 Å². The van der Waals surface area contributed by atoms with Crippen LogP contribution in [-0.2, 0) is 16.0 Å². The average Bonchev–Trinajstić information content (AvgIpc) is 2.28. The maximum Gasteiger partial charge on any atom is 0.335 e. The highest BCUT2D eigenvalue weighted by Gasteiger charge is 2.18. The summed E-state index contributed by atoms with van der Waals surface area (Å²) in [6.07, 6.45) is -0.960. The van der Waals surface area contributed by atoms with Gasteiger partial charge in [-0.3, -0.25) is 0 Å². The topological polar surface area (TPSA) is 55.8 Å². The summed E-state index contributed by atoms with van der Waals surface area (Å²) >= 11 is 0. The van der Waals surface area contributed by atoms with Gasteiger partial charge in [0.25, 0.3) is 0 Å². The molecule has 4 heteroatoms. The van der Waals surface area contributed by atoms with E-state index in [1.54, 1.807) is 7.11 Å². The number of carbonyl (C=O) groups excluding carboxylic acids is 1. The highest BCUT2D eigenvalue weighted by molar-refractivity contribution is 5.74. The van der Waals surface area contributed by atoms with Crippen molar-refractivity contribution in [3.05, 3.63) is 29.3 Å². The standard InChI is InChI=1S/C12H16O4/c1-8-4-5-11(15-2)9(6-8)7-10(13)12(14)16-3/h4-6,10,13H,7H2,1-3H3. The van der Waals surface area contributed by atoms with Crippen LogP contribution >= 0.6 is 0 Å². The molecule has 1 N–H and O–H groups in total. The molecule has 1 rings (SSSR count). The molecule has 1 unspecified atom stereocenters. The van der Waals surface area contributed by atoms with Crippen molar-refractivity contribution in [1.29, 1.82) is 0 Å². The molecule has 0 aliphatic heterocycles. The van der Waals surface area contributed by atoms with Gasteiger partial charge in [-0.2, -0.15) is 0 Å². The zero-order valence-corrected chi connectivity index (χ0v) is 9.69. The highest BCUT2D eigenvalue weighted by Crippen LogP contribution is 2.21. The fourth-order valence-corrected chi connectivity index (χ4v) is 1.49. The Balaban J connectivity index is 2.86. The van der Waals surface area contributed by atoms with Crippen molar-refractivity contribution in [2.45, 2.75) is 19.4 Å². The molecule has 0 aliphatic rings. The van der Waals surface area contributed by atoms with Crippen LogP contribution in [0.2, 0.25) is 0 Å². The number of esters is 1. The lowest BCUT2D eigenvalue weighted by Gasteiger charge is -2.12. The van der Waals surface area contributed by atoms with Gasteiger partial charge in [0.2, 0.25) is 0 Å². The number of ether oxygens (including phenoxy) is 2. The molecule has 1 aromatic carbocycles. The zero-order chi connectivity index (χ0) is 12.1. The molecule has 0 radical (unpaired) electrons. The van der Waals surface area contributed by atoms with E-state index in [0.29, 0.717) is 5.75 Å². The van der Waals surface area contributed by atoms with Crippen LogP contribution in [0.15, 0.2) is 18.2 Å². The quantitative estimate of drug-likeness (QED) is 0.777. The Hall–Kier alpha value is -1.55. The number of benzene rings is 1. The predicted molar refractivity (Wildman–Crippen MR) is 59.5 cm³/mol. The van der Waals surface area contributed by atoms with Gasteiger partial charge in [-0.05, 0) is 18.6 Å². The second-order valence-electron chi connectivity index (χ2n) is 3.56. The van der Waals surface area contributed by atoms with Crippen molar-refractivity contribution in [1.82, 2.24) is 0 Å². The molecule has 0 fully saturated rings. The maximum absolute atomic E-state index is 11.1. The summed E-state index contributed by atoms with van der Waals surface area (Å²) in [4.78, 5) is 11.1. The molecule has 0 bridgehead atoms. The molecule has 0 spiro atoms. The smallest absolute Gasteiger partial charge is 0.335 e. The molecular formula is C12H16O4. The minimum atomic E-state index is -1.15. The first kappa shape index (κ1) is 12.5. The van der Waals surface area contributed by atoms with Gasteiger partial charge in [0.1, 0.15) is 5.75 Å². The van der Waals surface area contributed by atoms with E-state index in [0.717, 1.165) is 11.1 Å². The second kappa shape index (κ2) is 5.51. The fraction of sp³-hybridized carbons (Fsp3) is 0.417. The largest absolute Gasteiger partial charge is 0.496 e. The molecular weight excluding hydrogens is 208 g/mol. The number of aliphatic hydroxyl groups excluding tert-OH is 1. The number of methoxy groups -OCH3 is 2. The molecule has 4 nitrogen and oxygen atoms in total. The van der Waals surface area contributed by atoms with Crippen molar-refractivity contribution in [2.24, 2.45) is 0 Å². The fourth-order valence-electron chi connectivity index (χ4n) is 1.49. The van der Waals surface area contributed by atoms with E-state index in [4.69, 9.17) is 4.74 Å². The van der Waals surface area contributed by atoms with Crippen LogP contribution in [0.3, 0.4) is 0 Å². The summed E-state index contributed by atoms with van der Waals surface area (Å²) in [5, 5.41) is 9.55. The van der Waals surface area contributed by atoms with Crippen LogP contribution < -0.4 is 4.74 Å². The van der Waals surface area contributed by atoms with Crippen LogP contribution in [0.25, 0.3) is 0 Å². The second-order valence-corrected chi connectivity index (χ2v) is 3.56. The minimum Gasteiger partial charge on any atom is -0.496 e. The maximum atomic E-state index is 11.1. The van der Waals surface area contributed by atoms with Gasteiger partial charge in [0.05, 0.1) is 14.2 Å². The Morgan fingerprint density at radius 1 is 1.44 bits per heavy atom. The van der Waals surface area contributed by atoms with Gasteiger partial charge in [-0.15, -0.1) is 0 Å². The molecule has 0 aromatic heterocycles. The number of aliphatic hydroxyl groups is 1. The third kappa shape index (κ3) is 2.97. The summed E-state index contributed by atoms with van der Waals surface area (Å²) in [5.41, 5.74) is 1.84. The Morgan fingerprint density at radius 3 is 2.69 bits per heavy atom. The van der Waals surface area contributed by atoms with Gasteiger partial charge in [-0.25, -0.2) is 4.79 Å². The third-order valence-corrected chi connectivity index (χ3v) is 2.32. The Bertz CT molecular complexity index is 373. The summed E-state index contributed by atoms with van der Waals surface area (Å²) in [6.45, 7) is 1.94. The first-order valence-electron chi connectivity index (χ1n) is 4.98. The number of rotatable bonds is 4. The van der Waals surface area contributed by atoms with E-state index in [2.05, 4.69) is 4.74 Å². The summed E-state index contributed by atoms with van der Waals surface area (Å²) in [6, 6.07) is 5.60. The molecule has 0 saturated heterocycles. The molecule has 0 aliphatic carbocycles. The van der Waals surface area contributed by atoms with E-state index >= 15 is 0 Å². The summed E-state index contributed by atoms with van der Waals surface area (Å²) < 4.78 is 9.61. The van der Waals surface area contributed by atoms with Gasteiger partial charge in [0, 0.05) is 6.42 Å². The first-order chi connectivity index (χ1) is 7.58. The molecule has 0 amide bonds. The van der Waals surface area contributed by atoms with E-state index < -0.39 is 12.1 Å². The first-order valence-corrected chi connectivity index (χ1v) is 4.98. The zero-order valence-electron chi connectivity index (χ0n) is 9.69. The average molecular weight is 224 g/mol. The van der Waals surface area contributed by atoms with Crippen LogP contribution in [0.1, 0.15) is 11.1 Å². The molecule has 0 heterocycles. The SMILES string of the molecule is COC(=O)C(O)Cc1cc(C)ccc1OC. The molecule has 0 saturated carbocycles. The normalized spacial score (nSPS) is 12.0. The lowest BCUT2D eigenvalue weighted by Crippen LogP contribution is -2.24. The van der Waals surface area contributed by atoms with Crippen molar-refractivity contribution >= 4 is 5.97 Å². The van der Waals surface area contributed by atoms with Gasteiger partial charge in [-0.1, -0.05) is 17.7 Å². The number of hydrogen-bond acceptors (Lipinski definition) is 4. The van der Waals surface area contributed by atoms with Crippen LogP contribution in [0.5, 0.6) is 5.75 Å². The van der Waals surface area contributed by atoms with Crippen LogP contribution in [0, 0.1) is 6.92 Å². The highest BCUT2D eigenvalue weighted by atomic mass is 16.5. The molecule has 16 heavy (non-hydrogen) atoms. The number of aryl methyl sites for hydroxylation is 1. The Labute approximate surface area is 94.8 Å². The number of hydrogen-bond donors (Lipinski definition) is 1. The van der Waals surface area contributed by atoms with E-state index in [1.165, 1.54) is 7.11 Å². The van der Waals surface area contributed by atoms with E-state index in [9.17, 15) is 9.90 Å². The van der Waals surface area contributed by atoms with E-state index in [1.807, 2.05) is 25.1 Å². The van der Waals surface area contributed by atoms with Crippen LogP contribution in [0.4, 0.5) is 0 Å². The number of carbonyl (C=O) groups is 1. The van der Waals surface area contributed by atoms with Crippen molar-refractivity contribution in [3.63, 3.8) is 0 Å². The molecule has 88 valence electrons. The van der Waals surface area contributed by atoms with Gasteiger partial charge < -0.3 is 14.6 Å². The lowest BCUT2D eigenvalue weighted by atomic mass is 10.0. The van der Waals surface area contributed by atoms with Crippen molar-refractivity contribution in [2.75, 3.05) is 14.2 Å². The van der Waals surface area contributed by atoms with E-state index in [-0.39, 0.29) is 6.42 Å². The minimum absolute atomic E-state index is 0.192. The van der Waals surface area contributed by atoms with Crippen molar-refractivity contribution in [3.8, 4) is 5.75 Å². The van der Waals surface area contributed by atoms with Crippen molar-refractivity contribution < 1.29 is 19.4 Å². The van der Waals surface area contributed by atoms with Gasteiger partial charge in [0.15, 0.2) is 6.10 Å².